The average molecular weight is 344 g/mol. The van der Waals surface area contributed by atoms with Crippen LogP contribution in [0.3, 0.4) is 0 Å². The van der Waals surface area contributed by atoms with Gasteiger partial charge < -0.3 is 14.5 Å². The van der Waals surface area contributed by atoms with Gasteiger partial charge in [-0.1, -0.05) is 18.2 Å². The van der Waals surface area contributed by atoms with Gasteiger partial charge in [0.05, 0.1) is 6.54 Å². The van der Waals surface area contributed by atoms with E-state index < -0.39 is 0 Å². The van der Waals surface area contributed by atoms with Crippen LogP contribution in [-0.4, -0.2) is 0 Å². The normalized spacial score (nSPS) is 10.3. The van der Waals surface area contributed by atoms with Crippen LogP contribution in [0.25, 0.3) is 0 Å². The number of anilines is 1. The van der Waals surface area contributed by atoms with Crippen LogP contribution in [0.4, 0.5) is 5.69 Å². The molecule has 0 aliphatic heterocycles. The topological polar surface area (TPSA) is 34.4 Å². The smallest absolute Gasteiger partial charge is 0.169 e. The van der Waals surface area contributed by atoms with Crippen molar-refractivity contribution in [2.45, 2.75) is 6.54 Å². The van der Waals surface area contributed by atoms with E-state index in [1.807, 2.05) is 66.7 Å². The molecule has 1 heterocycles. The average Bonchev–Trinajstić information content (AvgIpc) is 2.93. The van der Waals surface area contributed by atoms with Gasteiger partial charge in [0.2, 0.25) is 0 Å². The zero-order valence-electron chi connectivity index (χ0n) is 11.3. The van der Waals surface area contributed by atoms with Crippen LogP contribution in [0, 0.1) is 0 Å². The lowest BCUT2D eigenvalue weighted by atomic mass is 10.3. The lowest BCUT2D eigenvalue weighted by molar-refractivity contribution is 0.482. The predicted molar refractivity (Wildman–Crippen MR) is 86.7 cm³/mol. The van der Waals surface area contributed by atoms with E-state index in [9.17, 15) is 0 Å². The fraction of sp³-hybridized carbons (Fsp3) is 0.0588. The molecule has 1 N–H and O–H groups in total. The quantitative estimate of drug-likeness (QED) is 0.669. The molecule has 0 atom stereocenters. The first-order valence-electron chi connectivity index (χ1n) is 6.61. The van der Waals surface area contributed by atoms with Crippen LogP contribution in [0.2, 0.25) is 0 Å². The first-order valence-corrected chi connectivity index (χ1v) is 7.40. The van der Waals surface area contributed by atoms with E-state index in [2.05, 4.69) is 21.2 Å². The van der Waals surface area contributed by atoms with Crippen molar-refractivity contribution >= 4 is 21.6 Å². The van der Waals surface area contributed by atoms with Crippen LogP contribution in [-0.2, 0) is 6.54 Å². The van der Waals surface area contributed by atoms with Gasteiger partial charge in [-0.05, 0) is 64.5 Å². The SMILES string of the molecule is Brc1ccc(CNc2ccc(Oc3ccccc3)cc2)o1. The number of hydrogen-bond donors (Lipinski definition) is 1. The molecule has 0 radical (unpaired) electrons. The monoisotopic (exact) mass is 343 g/mol. The summed E-state index contributed by atoms with van der Waals surface area (Å²) in [6.45, 7) is 0.643. The summed E-state index contributed by atoms with van der Waals surface area (Å²) < 4.78 is 11.9. The number of ether oxygens (including phenoxy) is 1. The number of rotatable bonds is 5. The molecule has 3 nitrogen and oxygen atoms in total. The maximum Gasteiger partial charge on any atom is 0.169 e. The van der Waals surface area contributed by atoms with Crippen molar-refractivity contribution in [3.8, 4) is 11.5 Å². The highest BCUT2D eigenvalue weighted by atomic mass is 79.9. The van der Waals surface area contributed by atoms with Crippen molar-refractivity contribution in [3.05, 3.63) is 77.2 Å². The number of furan rings is 1. The second kappa shape index (κ2) is 6.50. The number of nitrogens with one attached hydrogen (secondary N) is 1. The Morgan fingerprint density at radius 3 is 2.24 bits per heavy atom. The Kier molecular flexibility index (Phi) is 4.26. The fourth-order valence-electron chi connectivity index (χ4n) is 1.90. The van der Waals surface area contributed by atoms with E-state index in [4.69, 9.17) is 9.15 Å². The second-order valence-corrected chi connectivity index (χ2v) is 5.28. The molecule has 0 spiro atoms. The van der Waals surface area contributed by atoms with Crippen molar-refractivity contribution in [2.75, 3.05) is 5.32 Å². The molecule has 0 aliphatic carbocycles. The molecular weight excluding hydrogens is 330 g/mol. The Labute approximate surface area is 131 Å². The first-order chi connectivity index (χ1) is 10.3. The predicted octanol–water partition coefficient (Wildman–Crippen LogP) is 5.45. The van der Waals surface area contributed by atoms with E-state index in [1.165, 1.54) is 0 Å². The Morgan fingerprint density at radius 1 is 0.857 bits per heavy atom. The van der Waals surface area contributed by atoms with Crippen molar-refractivity contribution in [1.82, 2.24) is 0 Å². The summed E-state index contributed by atoms with van der Waals surface area (Å²) >= 11 is 3.29. The van der Waals surface area contributed by atoms with Crippen molar-refractivity contribution in [3.63, 3.8) is 0 Å². The van der Waals surface area contributed by atoms with E-state index >= 15 is 0 Å². The van der Waals surface area contributed by atoms with Gasteiger partial charge in [-0.2, -0.15) is 0 Å². The standard InChI is InChI=1S/C17H14BrNO2/c18-17-11-10-16(21-17)12-19-13-6-8-15(9-7-13)20-14-4-2-1-3-5-14/h1-11,19H,12H2. The van der Waals surface area contributed by atoms with Gasteiger partial charge in [0, 0.05) is 5.69 Å². The van der Waals surface area contributed by atoms with E-state index in [1.54, 1.807) is 0 Å². The van der Waals surface area contributed by atoms with Gasteiger partial charge in [0.1, 0.15) is 17.3 Å². The number of halogens is 1. The molecule has 0 saturated heterocycles. The van der Waals surface area contributed by atoms with Crippen LogP contribution >= 0.6 is 15.9 Å². The molecule has 1 aromatic heterocycles. The van der Waals surface area contributed by atoms with Crippen LogP contribution in [0.1, 0.15) is 5.76 Å². The van der Waals surface area contributed by atoms with E-state index in [0.717, 1.165) is 27.6 Å². The summed E-state index contributed by atoms with van der Waals surface area (Å²) in [5.74, 6) is 2.53. The highest BCUT2D eigenvalue weighted by Crippen LogP contribution is 2.23. The second-order valence-electron chi connectivity index (χ2n) is 4.50. The maximum absolute atomic E-state index is 5.75. The molecule has 3 rings (SSSR count). The largest absolute Gasteiger partial charge is 0.457 e. The van der Waals surface area contributed by atoms with Crippen LogP contribution in [0.15, 0.2) is 75.8 Å². The van der Waals surface area contributed by atoms with Gasteiger partial charge in [0.15, 0.2) is 4.67 Å². The van der Waals surface area contributed by atoms with Gasteiger partial charge in [-0.25, -0.2) is 0 Å². The number of para-hydroxylation sites is 1. The number of benzene rings is 2. The molecule has 0 bridgehead atoms. The molecule has 4 heteroatoms. The Balaban J connectivity index is 1.59. The third kappa shape index (κ3) is 3.89. The van der Waals surface area contributed by atoms with Crippen molar-refractivity contribution < 1.29 is 9.15 Å². The van der Waals surface area contributed by atoms with Crippen molar-refractivity contribution in [2.24, 2.45) is 0 Å². The number of hydrogen-bond acceptors (Lipinski definition) is 3. The zero-order chi connectivity index (χ0) is 14.5. The molecule has 106 valence electrons. The van der Waals surface area contributed by atoms with Crippen LogP contribution in [0.5, 0.6) is 11.5 Å². The molecule has 3 aromatic rings. The lowest BCUT2D eigenvalue weighted by Gasteiger charge is -2.08. The Bertz CT molecular complexity index is 692. The molecule has 21 heavy (non-hydrogen) atoms. The minimum Gasteiger partial charge on any atom is -0.457 e. The highest BCUT2D eigenvalue weighted by Gasteiger charge is 2.00. The zero-order valence-corrected chi connectivity index (χ0v) is 12.8. The van der Waals surface area contributed by atoms with E-state index in [-0.39, 0.29) is 0 Å². The highest BCUT2D eigenvalue weighted by molar-refractivity contribution is 9.10. The van der Waals surface area contributed by atoms with Gasteiger partial charge in [-0.15, -0.1) is 0 Å². The van der Waals surface area contributed by atoms with Gasteiger partial charge in [0.25, 0.3) is 0 Å². The molecular formula is C17H14BrNO2. The van der Waals surface area contributed by atoms with Crippen LogP contribution < -0.4 is 10.1 Å². The summed E-state index contributed by atoms with van der Waals surface area (Å²) in [4.78, 5) is 0. The molecule has 2 aromatic carbocycles. The third-order valence-corrected chi connectivity index (χ3v) is 3.36. The molecule has 0 saturated carbocycles. The van der Waals surface area contributed by atoms with Gasteiger partial charge >= 0.3 is 0 Å². The summed E-state index contributed by atoms with van der Waals surface area (Å²) in [5, 5.41) is 3.30. The molecule has 0 amide bonds. The van der Waals surface area contributed by atoms with E-state index in [0.29, 0.717) is 6.54 Å². The Morgan fingerprint density at radius 2 is 1.57 bits per heavy atom. The van der Waals surface area contributed by atoms with Crippen molar-refractivity contribution in [1.29, 1.82) is 0 Å². The summed E-state index contributed by atoms with van der Waals surface area (Å²) in [6.07, 6.45) is 0. The minimum absolute atomic E-state index is 0.643. The Hall–Kier alpha value is -2.20. The fourth-order valence-corrected chi connectivity index (χ4v) is 2.24. The summed E-state index contributed by atoms with van der Waals surface area (Å²) in [5.41, 5.74) is 1.02. The first kappa shape index (κ1) is 13.8. The maximum atomic E-state index is 5.75. The molecule has 0 fully saturated rings. The van der Waals surface area contributed by atoms with Gasteiger partial charge in [-0.3, -0.25) is 0 Å². The lowest BCUT2D eigenvalue weighted by Crippen LogP contribution is -1.97. The summed E-state index contributed by atoms with van der Waals surface area (Å²) in [6, 6.07) is 21.4. The summed E-state index contributed by atoms with van der Waals surface area (Å²) in [7, 11) is 0. The third-order valence-electron chi connectivity index (χ3n) is 2.93. The molecule has 0 aliphatic rings. The molecule has 0 unspecified atom stereocenters. The minimum atomic E-state index is 0.643.